The molecule has 1 aromatic carbocycles. The van der Waals surface area contributed by atoms with Crippen LogP contribution in [0.25, 0.3) is 0 Å². The number of aromatic hydroxyl groups is 1. The minimum Gasteiger partial charge on any atom is -0.508 e. The third-order valence-electron chi connectivity index (χ3n) is 1.93. The van der Waals surface area contributed by atoms with Crippen LogP contribution in [0.3, 0.4) is 0 Å². The zero-order valence-electron chi connectivity index (χ0n) is 7.93. The third-order valence-corrected chi connectivity index (χ3v) is 1.93. The van der Waals surface area contributed by atoms with E-state index in [2.05, 4.69) is 0 Å². The molecular formula is C10H15NO3. The molecule has 0 radical (unpaired) electrons. The summed E-state index contributed by atoms with van der Waals surface area (Å²) in [6.07, 6.45) is 0. The van der Waals surface area contributed by atoms with Crippen molar-refractivity contribution >= 4 is 5.69 Å². The van der Waals surface area contributed by atoms with Crippen LogP contribution in [0.5, 0.6) is 5.75 Å². The summed E-state index contributed by atoms with van der Waals surface area (Å²) in [5, 5.41) is 26.9. The Labute approximate surface area is 83.0 Å². The molecule has 0 saturated carbocycles. The van der Waals surface area contributed by atoms with Gasteiger partial charge in [-0.05, 0) is 12.1 Å². The van der Waals surface area contributed by atoms with Crippen LogP contribution in [0.15, 0.2) is 24.3 Å². The van der Waals surface area contributed by atoms with Gasteiger partial charge < -0.3 is 20.2 Å². The van der Waals surface area contributed by atoms with Gasteiger partial charge in [0, 0.05) is 24.8 Å². The fourth-order valence-electron chi connectivity index (χ4n) is 1.30. The first kappa shape index (κ1) is 10.8. The molecule has 0 atom stereocenters. The zero-order chi connectivity index (χ0) is 10.4. The highest BCUT2D eigenvalue weighted by molar-refractivity contribution is 5.50. The molecule has 0 unspecified atom stereocenters. The van der Waals surface area contributed by atoms with Gasteiger partial charge in [0.25, 0.3) is 0 Å². The highest BCUT2D eigenvalue weighted by Gasteiger charge is 2.04. The van der Waals surface area contributed by atoms with Crippen molar-refractivity contribution in [3.8, 4) is 5.75 Å². The normalized spacial score (nSPS) is 10.1. The number of aliphatic hydroxyl groups excluding tert-OH is 2. The minimum atomic E-state index is 0.0235. The second-order valence-corrected chi connectivity index (χ2v) is 2.95. The summed E-state index contributed by atoms with van der Waals surface area (Å²) in [7, 11) is 0. The summed E-state index contributed by atoms with van der Waals surface area (Å²) < 4.78 is 0. The molecule has 1 aromatic rings. The van der Waals surface area contributed by atoms with E-state index in [9.17, 15) is 5.11 Å². The number of hydrogen-bond donors (Lipinski definition) is 3. The number of aliphatic hydroxyl groups is 2. The van der Waals surface area contributed by atoms with E-state index in [0.717, 1.165) is 5.69 Å². The van der Waals surface area contributed by atoms with Gasteiger partial charge in [0.2, 0.25) is 0 Å². The molecule has 0 fully saturated rings. The second-order valence-electron chi connectivity index (χ2n) is 2.95. The fraction of sp³-hybridized carbons (Fsp3) is 0.400. The van der Waals surface area contributed by atoms with E-state index >= 15 is 0 Å². The first-order chi connectivity index (χ1) is 6.77. The van der Waals surface area contributed by atoms with Crippen LogP contribution in [0.2, 0.25) is 0 Å². The van der Waals surface area contributed by atoms with Crippen molar-refractivity contribution in [1.82, 2.24) is 0 Å². The lowest BCUT2D eigenvalue weighted by Crippen LogP contribution is -2.29. The van der Waals surface area contributed by atoms with E-state index in [1.54, 1.807) is 23.1 Å². The molecule has 0 amide bonds. The Morgan fingerprint density at radius 3 is 2.21 bits per heavy atom. The Morgan fingerprint density at radius 1 is 1.07 bits per heavy atom. The van der Waals surface area contributed by atoms with Crippen molar-refractivity contribution in [2.75, 3.05) is 31.2 Å². The second kappa shape index (κ2) is 5.47. The lowest BCUT2D eigenvalue weighted by molar-refractivity contribution is 0.281. The van der Waals surface area contributed by atoms with Crippen LogP contribution < -0.4 is 4.90 Å². The molecule has 0 saturated heterocycles. The first-order valence-electron chi connectivity index (χ1n) is 4.53. The van der Waals surface area contributed by atoms with Gasteiger partial charge in [0.05, 0.1) is 13.2 Å². The smallest absolute Gasteiger partial charge is 0.117 e. The standard InChI is InChI=1S/C10H15NO3/c12-6-4-11(5-7-13)9-2-1-3-10(14)8-9/h1-3,8,12-14H,4-7H2. The van der Waals surface area contributed by atoms with Gasteiger partial charge in [-0.1, -0.05) is 6.07 Å². The topological polar surface area (TPSA) is 63.9 Å². The fourth-order valence-corrected chi connectivity index (χ4v) is 1.30. The van der Waals surface area contributed by atoms with Gasteiger partial charge in [-0.2, -0.15) is 0 Å². The van der Waals surface area contributed by atoms with E-state index in [1.165, 1.54) is 0 Å². The quantitative estimate of drug-likeness (QED) is 0.630. The number of phenolic OH excluding ortho intramolecular Hbond substituents is 1. The molecule has 0 heterocycles. The van der Waals surface area contributed by atoms with Gasteiger partial charge in [0.15, 0.2) is 0 Å². The lowest BCUT2D eigenvalue weighted by atomic mass is 10.2. The molecule has 78 valence electrons. The molecule has 1 rings (SSSR count). The van der Waals surface area contributed by atoms with Gasteiger partial charge >= 0.3 is 0 Å². The number of nitrogens with zero attached hydrogens (tertiary/aromatic N) is 1. The monoisotopic (exact) mass is 197 g/mol. The SMILES string of the molecule is OCCN(CCO)c1cccc(O)c1. The van der Waals surface area contributed by atoms with Crippen LogP contribution >= 0.6 is 0 Å². The van der Waals surface area contributed by atoms with Crippen molar-refractivity contribution < 1.29 is 15.3 Å². The summed E-state index contributed by atoms with van der Waals surface area (Å²) in [5.74, 6) is 0.184. The van der Waals surface area contributed by atoms with Gasteiger partial charge in [-0.15, -0.1) is 0 Å². The van der Waals surface area contributed by atoms with Crippen LogP contribution in [0.4, 0.5) is 5.69 Å². The summed E-state index contributed by atoms with van der Waals surface area (Å²) in [6, 6.07) is 6.74. The molecule has 4 nitrogen and oxygen atoms in total. The molecule has 0 aliphatic carbocycles. The Bertz CT molecular complexity index is 272. The predicted octanol–water partition coefficient (Wildman–Crippen LogP) is 0.183. The van der Waals surface area contributed by atoms with Crippen molar-refractivity contribution in [2.45, 2.75) is 0 Å². The van der Waals surface area contributed by atoms with Crippen LogP contribution in [-0.4, -0.2) is 41.6 Å². The Balaban J connectivity index is 2.75. The van der Waals surface area contributed by atoms with Crippen molar-refractivity contribution in [2.24, 2.45) is 0 Å². The number of rotatable bonds is 5. The van der Waals surface area contributed by atoms with Crippen LogP contribution in [0, 0.1) is 0 Å². The average Bonchev–Trinajstić information content (AvgIpc) is 2.17. The lowest BCUT2D eigenvalue weighted by Gasteiger charge is -2.22. The molecule has 0 spiro atoms. The minimum absolute atomic E-state index is 0.0235. The number of anilines is 1. The first-order valence-corrected chi connectivity index (χ1v) is 4.53. The molecule has 3 N–H and O–H groups in total. The van der Waals surface area contributed by atoms with Gasteiger partial charge in [0.1, 0.15) is 5.75 Å². The Hall–Kier alpha value is -1.26. The maximum atomic E-state index is 9.25. The van der Waals surface area contributed by atoms with Crippen LogP contribution in [0.1, 0.15) is 0 Å². The molecule has 0 aromatic heterocycles. The number of benzene rings is 1. The van der Waals surface area contributed by atoms with E-state index in [0.29, 0.717) is 13.1 Å². The largest absolute Gasteiger partial charge is 0.508 e. The average molecular weight is 197 g/mol. The summed E-state index contributed by atoms with van der Waals surface area (Å²) in [4.78, 5) is 1.81. The maximum Gasteiger partial charge on any atom is 0.117 e. The molecule has 0 bridgehead atoms. The number of hydrogen-bond acceptors (Lipinski definition) is 4. The van der Waals surface area contributed by atoms with Crippen molar-refractivity contribution in [1.29, 1.82) is 0 Å². The highest BCUT2D eigenvalue weighted by Crippen LogP contribution is 2.19. The van der Waals surface area contributed by atoms with Crippen LogP contribution in [-0.2, 0) is 0 Å². The Morgan fingerprint density at radius 2 is 1.71 bits per heavy atom. The molecule has 0 aliphatic heterocycles. The summed E-state index contributed by atoms with van der Waals surface area (Å²) >= 11 is 0. The summed E-state index contributed by atoms with van der Waals surface area (Å²) in [5.41, 5.74) is 0.799. The van der Waals surface area contributed by atoms with E-state index in [-0.39, 0.29) is 19.0 Å². The van der Waals surface area contributed by atoms with E-state index < -0.39 is 0 Å². The van der Waals surface area contributed by atoms with E-state index in [4.69, 9.17) is 10.2 Å². The van der Waals surface area contributed by atoms with Crippen molar-refractivity contribution in [3.63, 3.8) is 0 Å². The number of phenols is 1. The predicted molar refractivity (Wildman–Crippen MR) is 54.5 cm³/mol. The van der Waals surface area contributed by atoms with Crippen molar-refractivity contribution in [3.05, 3.63) is 24.3 Å². The maximum absolute atomic E-state index is 9.25. The zero-order valence-corrected chi connectivity index (χ0v) is 7.93. The Kier molecular flexibility index (Phi) is 4.22. The summed E-state index contributed by atoms with van der Waals surface area (Å²) in [6.45, 7) is 0.944. The van der Waals surface area contributed by atoms with Gasteiger partial charge in [-0.25, -0.2) is 0 Å². The van der Waals surface area contributed by atoms with Gasteiger partial charge in [-0.3, -0.25) is 0 Å². The third kappa shape index (κ3) is 2.90. The van der Waals surface area contributed by atoms with E-state index in [1.807, 2.05) is 6.07 Å². The molecule has 0 aliphatic rings. The molecule has 14 heavy (non-hydrogen) atoms. The molecular weight excluding hydrogens is 182 g/mol. The highest BCUT2D eigenvalue weighted by atomic mass is 16.3. The molecule has 4 heteroatoms.